The molecule has 0 saturated heterocycles. The van der Waals surface area contributed by atoms with Crippen LogP contribution in [0.5, 0.6) is 0 Å². The van der Waals surface area contributed by atoms with Crippen LogP contribution >= 0.6 is 11.6 Å². The molecule has 1 atom stereocenters. The topological polar surface area (TPSA) is 20.2 Å². The summed E-state index contributed by atoms with van der Waals surface area (Å²) in [6, 6.07) is 4.21. The van der Waals surface area contributed by atoms with Crippen LogP contribution in [0.1, 0.15) is 50.7 Å². The van der Waals surface area contributed by atoms with Crippen molar-refractivity contribution in [3.63, 3.8) is 0 Å². The molecule has 18 heavy (non-hydrogen) atoms. The van der Waals surface area contributed by atoms with Crippen molar-refractivity contribution in [2.24, 2.45) is 11.8 Å². The van der Waals surface area contributed by atoms with Gasteiger partial charge >= 0.3 is 0 Å². The summed E-state index contributed by atoms with van der Waals surface area (Å²) in [5, 5.41) is 10.8. The van der Waals surface area contributed by atoms with Crippen molar-refractivity contribution >= 4 is 11.6 Å². The standard InChI is InChI=1S/C15H20ClFO/c1-2-10-3-5-11(6-4-10)15(18)13-9-12(17)7-8-14(13)16/h7-11,15,18H,2-6H2,1H3. The van der Waals surface area contributed by atoms with E-state index < -0.39 is 6.10 Å². The highest BCUT2D eigenvalue weighted by molar-refractivity contribution is 6.31. The Labute approximate surface area is 113 Å². The molecule has 1 aromatic carbocycles. The van der Waals surface area contributed by atoms with Gasteiger partial charge in [0.05, 0.1) is 6.10 Å². The molecule has 1 unspecified atom stereocenters. The monoisotopic (exact) mass is 270 g/mol. The van der Waals surface area contributed by atoms with Crippen molar-refractivity contribution in [1.82, 2.24) is 0 Å². The summed E-state index contributed by atoms with van der Waals surface area (Å²) in [6.45, 7) is 2.21. The first-order chi connectivity index (χ1) is 8.61. The average Bonchev–Trinajstić information content (AvgIpc) is 2.41. The van der Waals surface area contributed by atoms with Gasteiger partial charge in [0.25, 0.3) is 0 Å². The molecule has 1 nitrogen and oxygen atoms in total. The van der Waals surface area contributed by atoms with Gasteiger partial charge in [-0.05, 0) is 42.9 Å². The van der Waals surface area contributed by atoms with E-state index in [0.29, 0.717) is 10.6 Å². The van der Waals surface area contributed by atoms with Gasteiger partial charge in [-0.3, -0.25) is 0 Å². The Morgan fingerprint density at radius 3 is 2.61 bits per heavy atom. The van der Waals surface area contributed by atoms with Gasteiger partial charge in [-0.25, -0.2) is 4.39 Å². The van der Waals surface area contributed by atoms with Crippen LogP contribution < -0.4 is 0 Å². The fourth-order valence-corrected chi connectivity index (χ4v) is 3.14. The van der Waals surface area contributed by atoms with Gasteiger partial charge in [0.15, 0.2) is 0 Å². The molecular weight excluding hydrogens is 251 g/mol. The fourth-order valence-electron chi connectivity index (χ4n) is 2.91. The Balaban J connectivity index is 2.07. The first-order valence-corrected chi connectivity index (χ1v) is 7.12. The first-order valence-electron chi connectivity index (χ1n) is 6.74. The molecule has 0 aliphatic heterocycles. The normalized spacial score (nSPS) is 26.0. The number of rotatable bonds is 3. The van der Waals surface area contributed by atoms with Crippen LogP contribution in [-0.4, -0.2) is 5.11 Å². The van der Waals surface area contributed by atoms with E-state index in [1.165, 1.54) is 24.6 Å². The number of halogens is 2. The van der Waals surface area contributed by atoms with E-state index >= 15 is 0 Å². The van der Waals surface area contributed by atoms with Crippen molar-refractivity contribution in [1.29, 1.82) is 0 Å². The second-order valence-corrected chi connectivity index (χ2v) is 5.71. The van der Waals surface area contributed by atoms with E-state index in [2.05, 4.69) is 6.92 Å². The van der Waals surface area contributed by atoms with Crippen LogP contribution in [0.3, 0.4) is 0 Å². The predicted molar refractivity (Wildman–Crippen MR) is 72.1 cm³/mol. The van der Waals surface area contributed by atoms with Gasteiger partial charge < -0.3 is 5.11 Å². The molecule has 1 N–H and O–H groups in total. The molecule has 1 aromatic rings. The summed E-state index contributed by atoms with van der Waals surface area (Å²) in [4.78, 5) is 0. The van der Waals surface area contributed by atoms with Crippen molar-refractivity contribution in [2.45, 2.75) is 45.1 Å². The molecule has 0 amide bonds. The number of benzene rings is 1. The van der Waals surface area contributed by atoms with E-state index in [1.807, 2.05) is 0 Å². The van der Waals surface area contributed by atoms with E-state index in [4.69, 9.17) is 11.6 Å². The zero-order valence-corrected chi connectivity index (χ0v) is 11.5. The van der Waals surface area contributed by atoms with Crippen LogP contribution in [0.25, 0.3) is 0 Å². The molecule has 0 radical (unpaired) electrons. The van der Waals surface area contributed by atoms with E-state index in [0.717, 1.165) is 31.6 Å². The Morgan fingerprint density at radius 1 is 1.33 bits per heavy atom. The molecule has 3 heteroatoms. The van der Waals surface area contributed by atoms with Crippen LogP contribution in [0, 0.1) is 17.7 Å². The van der Waals surface area contributed by atoms with E-state index in [9.17, 15) is 9.50 Å². The third-order valence-corrected chi connectivity index (χ3v) is 4.54. The quantitative estimate of drug-likeness (QED) is 0.842. The molecule has 0 aromatic heterocycles. The second-order valence-electron chi connectivity index (χ2n) is 5.30. The van der Waals surface area contributed by atoms with Gasteiger partial charge in [0, 0.05) is 10.6 Å². The molecule has 2 rings (SSSR count). The lowest BCUT2D eigenvalue weighted by Gasteiger charge is -2.31. The maximum Gasteiger partial charge on any atom is 0.123 e. The minimum absolute atomic E-state index is 0.215. The molecule has 1 fully saturated rings. The van der Waals surface area contributed by atoms with E-state index in [1.54, 1.807) is 0 Å². The maximum absolute atomic E-state index is 13.2. The Morgan fingerprint density at radius 2 is 2.00 bits per heavy atom. The summed E-state index contributed by atoms with van der Waals surface area (Å²) in [5.74, 6) is 0.666. The SMILES string of the molecule is CCC1CCC(C(O)c2cc(F)ccc2Cl)CC1. The summed E-state index contributed by atoms with van der Waals surface area (Å²) in [7, 11) is 0. The molecule has 1 aliphatic rings. The smallest absolute Gasteiger partial charge is 0.123 e. The zero-order valence-electron chi connectivity index (χ0n) is 10.7. The van der Waals surface area contributed by atoms with Crippen LogP contribution in [-0.2, 0) is 0 Å². The van der Waals surface area contributed by atoms with Crippen molar-refractivity contribution in [3.8, 4) is 0 Å². The predicted octanol–water partition coefficient (Wildman–Crippen LogP) is 4.73. The van der Waals surface area contributed by atoms with Crippen LogP contribution in [0.2, 0.25) is 5.02 Å². The largest absolute Gasteiger partial charge is 0.388 e. The third-order valence-electron chi connectivity index (χ3n) is 4.19. The van der Waals surface area contributed by atoms with Gasteiger partial charge in [-0.15, -0.1) is 0 Å². The lowest BCUT2D eigenvalue weighted by Crippen LogP contribution is -2.20. The Hall–Kier alpha value is -0.600. The summed E-state index contributed by atoms with van der Waals surface area (Å²) in [6.07, 6.45) is 4.91. The number of hydrogen-bond donors (Lipinski definition) is 1. The molecule has 1 aliphatic carbocycles. The van der Waals surface area contributed by atoms with Gasteiger partial charge in [0.1, 0.15) is 5.82 Å². The molecule has 1 saturated carbocycles. The Bertz CT molecular complexity index is 399. The van der Waals surface area contributed by atoms with Gasteiger partial charge in [0.2, 0.25) is 0 Å². The summed E-state index contributed by atoms with van der Waals surface area (Å²) < 4.78 is 13.2. The minimum Gasteiger partial charge on any atom is -0.388 e. The molecule has 0 bridgehead atoms. The van der Waals surface area contributed by atoms with Crippen LogP contribution in [0.4, 0.5) is 4.39 Å². The number of aliphatic hydroxyl groups excluding tert-OH is 1. The van der Waals surface area contributed by atoms with Gasteiger partial charge in [-0.2, -0.15) is 0 Å². The third kappa shape index (κ3) is 3.04. The maximum atomic E-state index is 13.2. The van der Waals surface area contributed by atoms with E-state index in [-0.39, 0.29) is 11.7 Å². The minimum atomic E-state index is -0.633. The number of aliphatic hydroxyl groups is 1. The number of hydrogen-bond acceptors (Lipinski definition) is 1. The molecule has 0 spiro atoms. The van der Waals surface area contributed by atoms with Crippen LogP contribution in [0.15, 0.2) is 18.2 Å². The molecular formula is C15H20ClFO. The molecule has 0 heterocycles. The highest BCUT2D eigenvalue weighted by atomic mass is 35.5. The summed E-state index contributed by atoms with van der Waals surface area (Å²) >= 11 is 6.04. The molecule has 100 valence electrons. The Kier molecular flexibility index (Phi) is 4.63. The van der Waals surface area contributed by atoms with Crippen molar-refractivity contribution < 1.29 is 9.50 Å². The average molecular weight is 271 g/mol. The van der Waals surface area contributed by atoms with Crippen molar-refractivity contribution in [2.75, 3.05) is 0 Å². The first kappa shape index (κ1) is 13.8. The van der Waals surface area contributed by atoms with Crippen molar-refractivity contribution in [3.05, 3.63) is 34.6 Å². The second kappa shape index (κ2) is 6.03. The highest BCUT2D eigenvalue weighted by Crippen LogP contribution is 2.39. The zero-order chi connectivity index (χ0) is 13.1. The lowest BCUT2D eigenvalue weighted by molar-refractivity contribution is 0.0728. The van der Waals surface area contributed by atoms with Gasteiger partial charge in [-0.1, -0.05) is 37.8 Å². The summed E-state index contributed by atoms with van der Waals surface area (Å²) in [5.41, 5.74) is 0.539. The fraction of sp³-hybridized carbons (Fsp3) is 0.600. The lowest BCUT2D eigenvalue weighted by atomic mass is 9.77. The highest BCUT2D eigenvalue weighted by Gasteiger charge is 2.28.